The summed E-state index contributed by atoms with van der Waals surface area (Å²) in [5, 5.41) is 13.6. The molecule has 1 heterocycles. The summed E-state index contributed by atoms with van der Waals surface area (Å²) in [5.41, 5.74) is 7.01. The number of hydrogen-bond acceptors (Lipinski definition) is 5. The first-order chi connectivity index (χ1) is 9.45. The highest BCUT2D eigenvalue weighted by Gasteiger charge is 2.10. The van der Waals surface area contributed by atoms with Crippen LogP contribution in [0.15, 0.2) is 24.3 Å². The molecule has 1 unspecified atom stereocenters. The highest BCUT2D eigenvalue weighted by Crippen LogP contribution is 2.30. The summed E-state index contributed by atoms with van der Waals surface area (Å²) in [6.45, 7) is 4.38. The second-order valence-electron chi connectivity index (χ2n) is 4.74. The van der Waals surface area contributed by atoms with Crippen LogP contribution in [-0.2, 0) is 0 Å². The lowest BCUT2D eigenvalue weighted by molar-refractivity contribution is 0.477. The molecule has 0 radical (unpaired) electrons. The molecule has 5 nitrogen and oxygen atoms in total. The molecule has 2 aromatic rings. The van der Waals surface area contributed by atoms with E-state index >= 15 is 0 Å². The number of halogens is 1. The zero-order valence-corrected chi connectivity index (χ0v) is 12.1. The number of phenolic OH excluding ortho intramolecular Hbond substituents is 1. The van der Waals surface area contributed by atoms with Crippen LogP contribution in [0.5, 0.6) is 5.75 Å². The fraction of sp³-hybridized carbons (Fsp3) is 0.286. The van der Waals surface area contributed by atoms with E-state index in [1.165, 1.54) is 6.07 Å². The molecule has 4 N–H and O–H groups in total. The minimum absolute atomic E-state index is 0.0216. The first kappa shape index (κ1) is 14.6. The molecule has 0 fully saturated rings. The van der Waals surface area contributed by atoms with Crippen molar-refractivity contribution in [3.05, 3.63) is 35.0 Å². The van der Waals surface area contributed by atoms with Gasteiger partial charge in [0.05, 0.1) is 5.56 Å². The average Bonchev–Trinajstić information content (AvgIpc) is 2.38. The zero-order chi connectivity index (χ0) is 14.7. The average molecular weight is 293 g/mol. The third-order valence-corrected chi connectivity index (χ3v) is 2.89. The van der Waals surface area contributed by atoms with Crippen molar-refractivity contribution in [3.8, 4) is 17.1 Å². The van der Waals surface area contributed by atoms with E-state index in [1.807, 2.05) is 19.9 Å². The van der Waals surface area contributed by atoms with Crippen LogP contribution < -0.4 is 11.1 Å². The molecule has 1 aromatic heterocycles. The summed E-state index contributed by atoms with van der Waals surface area (Å²) in [7, 11) is 0. The highest BCUT2D eigenvalue weighted by atomic mass is 35.5. The second-order valence-corrected chi connectivity index (χ2v) is 5.17. The molecule has 0 aliphatic rings. The molecule has 1 aromatic carbocycles. The van der Waals surface area contributed by atoms with Crippen LogP contribution in [0, 0.1) is 6.92 Å². The van der Waals surface area contributed by atoms with E-state index in [4.69, 9.17) is 17.3 Å². The van der Waals surface area contributed by atoms with Gasteiger partial charge in [0.1, 0.15) is 11.6 Å². The molecule has 0 saturated heterocycles. The van der Waals surface area contributed by atoms with Crippen molar-refractivity contribution in [1.82, 2.24) is 9.97 Å². The van der Waals surface area contributed by atoms with Crippen LogP contribution in [0.3, 0.4) is 0 Å². The van der Waals surface area contributed by atoms with E-state index in [9.17, 15) is 5.11 Å². The number of hydrogen-bond donors (Lipinski definition) is 3. The fourth-order valence-electron chi connectivity index (χ4n) is 1.73. The largest absolute Gasteiger partial charge is 0.507 e. The van der Waals surface area contributed by atoms with Gasteiger partial charge in [-0.2, -0.15) is 0 Å². The van der Waals surface area contributed by atoms with Crippen molar-refractivity contribution < 1.29 is 5.11 Å². The molecule has 6 heteroatoms. The Hall–Kier alpha value is -1.85. The summed E-state index contributed by atoms with van der Waals surface area (Å²) in [6, 6.07) is 6.63. The lowest BCUT2D eigenvalue weighted by Crippen LogP contribution is -2.25. The van der Waals surface area contributed by atoms with Gasteiger partial charge in [-0.3, -0.25) is 0 Å². The molecular weight excluding hydrogens is 276 g/mol. The van der Waals surface area contributed by atoms with Gasteiger partial charge < -0.3 is 16.2 Å². The Labute approximate surface area is 122 Å². The fourth-order valence-corrected chi connectivity index (χ4v) is 1.90. The predicted molar refractivity (Wildman–Crippen MR) is 81.0 cm³/mol. The third kappa shape index (κ3) is 3.59. The molecule has 20 heavy (non-hydrogen) atoms. The minimum Gasteiger partial charge on any atom is -0.507 e. The molecule has 0 amide bonds. The van der Waals surface area contributed by atoms with Crippen molar-refractivity contribution in [1.29, 1.82) is 0 Å². The predicted octanol–water partition coefficient (Wildman–Crippen LogP) is 2.57. The van der Waals surface area contributed by atoms with E-state index < -0.39 is 0 Å². The first-order valence-electron chi connectivity index (χ1n) is 6.29. The Bertz CT molecular complexity index is 616. The monoisotopic (exact) mass is 292 g/mol. The highest BCUT2D eigenvalue weighted by molar-refractivity contribution is 6.30. The topological polar surface area (TPSA) is 84.1 Å². The normalized spacial score (nSPS) is 12.2. The SMILES string of the molecule is Cc1cc(NCC(C)N)nc(-c2cc(Cl)ccc2O)n1. The van der Waals surface area contributed by atoms with E-state index in [-0.39, 0.29) is 11.8 Å². The van der Waals surface area contributed by atoms with Gasteiger partial charge in [0.25, 0.3) is 0 Å². The number of anilines is 1. The summed E-state index contributed by atoms with van der Waals surface area (Å²) in [6.07, 6.45) is 0. The first-order valence-corrected chi connectivity index (χ1v) is 6.67. The number of phenols is 1. The molecule has 1 atom stereocenters. The van der Waals surface area contributed by atoms with E-state index in [0.29, 0.717) is 28.8 Å². The number of rotatable bonds is 4. The Balaban J connectivity index is 2.38. The van der Waals surface area contributed by atoms with Crippen LogP contribution in [0.4, 0.5) is 5.82 Å². The third-order valence-electron chi connectivity index (χ3n) is 2.66. The maximum Gasteiger partial charge on any atom is 0.165 e. The number of aromatic hydroxyl groups is 1. The van der Waals surface area contributed by atoms with Gasteiger partial charge >= 0.3 is 0 Å². The molecule has 2 rings (SSSR count). The molecular formula is C14H17ClN4O. The Morgan fingerprint density at radius 2 is 2.10 bits per heavy atom. The number of nitrogens with two attached hydrogens (primary N) is 1. The summed E-state index contributed by atoms with van der Waals surface area (Å²) in [4.78, 5) is 8.71. The van der Waals surface area contributed by atoms with E-state index in [1.54, 1.807) is 12.1 Å². The smallest absolute Gasteiger partial charge is 0.165 e. The van der Waals surface area contributed by atoms with Crippen LogP contribution >= 0.6 is 11.6 Å². The Kier molecular flexibility index (Phi) is 4.42. The molecule has 0 bridgehead atoms. The van der Waals surface area contributed by atoms with Gasteiger partial charge in [-0.15, -0.1) is 0 Å². The van der Waals surface area contributed by atoms with Crippen molar-refractivity contribution in [2.24, 2.45) is 5.73 Å². The number of nitrogens with zero attached hydrogens (tertiary/aromatic N) is 2. The maximum absolute atomic E-state index is 9.91. The Morgan fingerprint density at radius 3 is 2.80 bits per heavy atom. The lowest BCUT2D eigenvalue weighted by Gasteiger charge is -2.11. The van der Waals surface area contributed by atoms with Crippen molar-refractivity contribution in [2.45, 2.75) is 19.9 Å². The van der Waals surface area contributed by atoms with E-state index in [2.05, 4.69) is 15.3 Å². The van der Waals surface area contributed by atoms with Crippen LogP contribution in [0.25, 0.3) is 11.4 Å². The summed E-state index contributed by atoms with van der Waals surface area (Å²) < 4.78 is 0. The molecule has 0 aliphatic heterocycles. The van der Waals surface area contributed by atoms with Crippen LogP contribution in [0.2, 0.25) is 5.02 Å². The van der Waals surface area contributed by atoms with Gasteiger partial charge in [0, 0.05) is 29.4 Å². The van der Waals surface area contributed by atoms with Gasteiger partial charge in [0.15, 0.2) is 5.82 Å². The number of benzene rings is 1. The molecule has 106 valence electrons. The van der Waals surface area contributed by atoms with Crippen molar-refractivity contribution in [2.75, 3.05) is 11.9 Å². The van der Waals surface area contributed by atoms with Gasteiger partial charge in [-0.05, 0) is 32.0 Å². The zero-order valence-electron chi connectivity index (χ0n) is 11.4. The van der Waals surface area contributed by atoms with Gasteiger partial charge in [-0.25, -0.2) is 9.97 Å². The molecule has 0 saturated carbocycles. The van der Waals surface area contributed by atoms with E-state index in [0.717, 1.165) is 5.69 Å². The van der Waals surface area contributed by atoms with Crippen LogP contribution in [0.1, 0.15) is 12.6 Å². The second kappa shape index (κ2) is 6.07. The number of aromatic nitrogens is 2. The number of nitrogens with one attached hydrogen (secondary N) is 1. The van der Waals surface area contributed by atoms with Gasteiger partial charge in [0.2, 0.25) is 0 Å². The maximum atomic E-state index is 9.91. The quantitative estimate of drug-likeness (QED) is 0.806. The van der Waals surface area contributed by atoms with Crippen molar-refractivity contribution in [3.63, 3.8) is 0 Å². The Morgan fingerprint density at radius 1 is 1.35 bits per heavy atom. The summed E-state index contributed by atoms with van der Waals surface area (Å²) >= 11 is 5.95. The van der Waals surface area contributed by atoms with Gasteiger partial charge in [-0.1, -0.05) is 11.6 Å². The summed E-state index contributed by atoms with van der Waals surface area (Å²) in [5.74, 6) is 1.19. The molecule has 0 aliphatic carbocycles. The molecule has 0 spiro atoms. The number of aryl methyl sites for hydroxylation is 1. The minimum atomic E-state index is 0.0216. The van der Waals surface area contributed by atoms with Crippen molar-refractivity contribution >= 4 is 17.4 Å². The lowest BCUT2D eigenvalue weighted by atomic mass is 10.2. The van der Waals surface area contributed by atoms with Crippen LogP contribution in [-0.4, -0.2) is 27.7 Å². The standard InChI is InChI=1S/C14H17ClN4O/c1-8(16)7-17-13-5-9(2)18-14(19-13)11-6-10(15)3-4-12(11)20/h3-6,8,20H,7,16H2,1-2H3,(H,17,18,19).